The smallest absolute Gasteiger partial charge is 0.329 e. The molecule has 0 aliphatic rings. The van der Waals surface area contributed by atoms with Crippen molar-refractivity contribution in [2.45, 2.75) is 0 Å². The lowest BCUT2D eigenvalue weighted by Crippen LogP contribution is -2.30. The zero-order valence-corrected chi connectivity index (χ0v) is 8.79. The van der Waals surface area contributed by atoms with E-state index in [0.29, 0.717) is 5.69 Å². The number of hydrogen-bond acceptors (Lipinski definition) is 4. The van der Waals surface area contributed by atoms with Gasteiger partial charge in [-0.25, -0.2) is 4.79 Å². The van der Waals surface area contributed by atoms with E-state index in [1.807, 2.05) is 0 Å². The minimum absolute atomic E-state index is 0.266. The monoisotopic (exact) mass is 224 g/mol. The molecule has 86 valence electrons. The molecule has 0 bridgehead atoms. The molecule has 0 unspecified atom stereocenters. The van der Waals surface area contributed by atoms with Crippen LogP contribution in [-0.4, -0.2) is 42.2 Å². The largest absolute Gasteiger partial charge is 0.480 e. The molecule has 1 rings (SSSR count). The summed E-state index contributed by atoms with van der Waals surface area (Å²) in [6.07, 6.45) is 3.14. The topological polar surface area (TPSA) is 79.7 Å². The fraction of sp³-hybridized carbons (Fsp3) is 0.300. The molecule has 0 saturated heterocycles. The van der Waals surface area contributed by atoms with Crippen LogP contribution in [-0.2, 0) is 14.3 Å². The third-order valence-corrected chi connectivity index (χ3v) is 1.86. The van der Waals surface area contributed by atoms with E-state index in [9.17, 15) is 9.59 Å². The third kappa shape index (κ3) is 3.66. The maximum atomic E-state index is 11.5. The summed E-state index contributed by atoms with van der Waals surface area (Å²) in [4.78, 5) is 26.9. The fourth-order valence-corrected chi connectivity index (χ4v) is 1.02. The molecule has 16 heavy (non-hydrogen) atoms. The van der Waals surface area contributed by atoms with Crippen LogP contribution in [0, 0.1) is 0 Å². The predicted molar refractivity (Wildman–Crippen MR) is 56.1 cm³/mol. The average molecular weight is 224 g/mol. The SMILES string of the molecule is CN(C(=O)COCC(=O)O)c1cccnc1. The molecule has 1 amide bonds. The lowest BCUT2D eigenvalue weighted by Gasteiger charge is -2.16. The molecule has 0 spiro atoms. The number of amides is 1. The third-order valence-electron chi connectivity index (χ3n) is 1.86. The van der Waals surface area contributed by atoms with Crippen LogP contribution in [0.5, 0.6) is 0 Å². The van der Waals surface area contributed by atoms with E-state index >= 15 is 0 Å². The van der Waals surface area contributed by atoms with E-state index in [1.165, 1.54) is 11.1 Å². The molecule has 0 atom stereocenters. The van der Waals surface area contributed by atoms with Crippen LogP contribution in [0.2, 0.25) is 0 Å². The second kappa shape index (κ2) is 5.82. The number of rotatable bonds is 5. The van der Waals surface area contributed by atoms with E-state index in [2.05, 4.69) is 9.72 Å². The van der Waals surface area contributed by atoms with E-state index in [4.69, 9.17) is 5.11 Å². The van der Waals surface area contributed by atoms with Gasteiger partial charge in [-0.05, 0) is 12.1 Å². The summed E-state index contributed by atoms with van der Waals surface area (Å²) in [5, 5.41) is 8.32. The average Bonchev–Trinajstić information content (AvgIpc) is 2.28. The van der Waals surface area contributed by atoms with Gasteiger partial charge >= 0.3 is 5.97 Å². The van der Waals surface area contributed by atoms with Gasteiger partial charge in [0.05, 0.1) is 11.9 Å². The molecule has 0 saturated carbocycles. The van der Waals surface area contributed by atoms with Gasteiger partial charge in [0.1, 0.15) is 13.2 Å². The lowest BCUT2D eigenvalue weighted by molar-refractivity contribution is -0.143. The summed E-state index contributed by atoms with van der Waals surface area (Å²) >= 11 is 0. The Balaban J connectivity index is 2.45. The number of aromatic nitrogens is 1. The van der Waals surface area contributed by atoms with Gasteiger partial charge < -0.3 is 14.7 Å². The molecule has 1 aromatic rings. The number of carboxylic acids is 1. The van der Waals surface area contributed by atoms with Crippen LogP contribution in [0.3, 0.4) is 0 Å². The van der Waals surface area contributed by atoms with Crippen molar-refractivity contribution in [3.63, 3.8) is 0 Å². The number of anilines is 1. The van der Waals surface area contributed by atoms with Crippen molar-refractivity contribution in [1.29, 1.82) is 0 Å². The summed E-state index contributed by atoms with van der Waals surface area (Å²) in [5.74, 6) is -1.42. The molecule has 1 heterocycles. The van der Waals surface area contributed by atoms with Gasteiger partial charge in [0, 0.05) is 13.2 Å². The normalized spacial score (nSPS) is 9.81. The first-order chi connectivity index (χ1) is 7.61. The molecule has 0 aromatic carbocycles. The Morgan fingerprint density at radius 2 is 2.25 bits per heavy atom. The Morgan fingerprint density at radius 1 is 1.50 bits per heavy atom. The summed E-state index contributed by atoms with van der Waals surface area (Å²) in [6, 6.07) is 3.43. The van der Waals surface area contributed by atoms with Gasteiger partial charge in [-0.1, -0.05) is 0 Å². The van der Waals surface area contributed by atoms with Crippen LogP contribution in [0.25, 0.3) is 0 Å². The first-order valence-corrected chi connectivity index (χ1v) is 4.57. The molecule has 1 N–H and O–H groups in total. The summed E-state index contributed by atoms with van der Waals surface area (Å²) in [5.41, 5.74) is 0.631. The second-order valence-corrected chi connectivity index (χ2v) is 3.05. The van der Waals surface area contributed by atoms with Crippen LogP contribution in [0.1, 0.15) is 0 Å². The van der Waals surface area contributed by atoms with Crippen molar-refractivity contribution >= 4 is 17.6 Å². The van der Waals surface area contributed by atoms with Gasteiger partial charge in [0.2, 0.25) is 0 Å². The van der Waals surface area contributed by atoms with Crippen LogP contribution in [0.15, 0.2) is 24.5 Å². The number of ether oxygens (including phenoxy) is 1. The molecule has 0 aliphatic carbocycles. The molecule has 6 heteroatoms. The van der Waals surface area contributed by atoms with Crippen molar-refractivity contribution in [3.8, 4) is 0 Å². The van der Waals surface area contributed by atoms with Crippen molar-refractivity contribution < 1.29 is 19.4 Å². The highest BCUT2D eigenvalue weighted by Crippen LogP contribution is 2.08. The van der Waals surface area contributed by atoms with E-state index < -0.39 is 12.6 Å². The Hall–Kier alpha value is -1.95. The van der Waals surface area contributed by atoms with Gasteiger partial charge in [-0.2, -0.15) is 0 Å². The van der Waals surface area contributed by atoms with Crippen LogP contribution in [0.4, 0.5) is 5.69 Å². The van der Waals surface area contributed by atoms with E-state index in [-0.39, 0.29) is 12.5 Å². The Labute approximate surface area is 92.5 Å². The number of hydrogen-bond donors (Lipinski definition) is 1. The molecular formula is C10H12N2O4. The minimum atomic E-state index is -1.10. The van der Waals surface area contributed by atoms with Crippen LogP contribution >= 0.6 is 0 Å². The molecule has 6 nitrogen and oxygen atoms in total. The maximum absolute atomic E-state index is 11.5. The van der Waals surface area contributed by atoms with Gasteiger partial charge in [-0.15, -0.1) is 0 Å². The van der Waals surface area contributed by atoms with E-state index in [0.717, 1.165) is 0 Å². The molecule has 1 aromatic heterocycles. The van der Waals surface area contributed by atoms with Gasteiger partial charge in [0.25, 0.3) is 5.91 Å². The number of nitrogens with zero attached hydrogens (tertiary/aromatic N) is 2. The first kappa shape index (κ1) is 12.1. The predicted octanol–water partition coefficient (Wildman–Crippen LogP) is 0.146. The second-order valence-electron chi connectivity index (χ2n) is 3.05. The number of likely N-dealkylation sites (N-methyl/N-ethyl adjacent to an activating group) is 1. The number of carbonyl (C=O) groups is 2. The molecule has 0 fully saturated rings. The summed E-state index contributed by atoms with van der Waals surface area (Å²) in [7, 11) is 1.57. The number of carboxylic acid groups (broad SMARTS) is 1. The molecular weight excluding hydrogens is 212 g/mol. The molecule has 0 aliphatic heterocycles. The highest BCUT2D eigenvalue weighted by Gasteiger charge is 2.11. The maximum Gasteiger partial charge on any atom is 0.329 e. The van der Waals surface area contributed by atoms with Crippen molar-refractivity contribution in [1.82, 2.24) is 4.98 Å². The van der Waals surface area contributed by atoms with Crippen molar-refractivity contribution in [2.75, 3.05) is 25.2 Å². The number of pyridine rings is 1. The van der Waals surface area contributed by atoms with Crippen molar-refractivity contribution in [3.05, 3.63) is 24.5 Å². The van der Waals surface area contributed by atoms with Gasteiger partial charge in [0.15, 0.2) is 0 Å². The van der Waals surface area contributed by atoms with Gasteiger partial charge in [-0.3, -0.25) is 9.78 Å². The first-order valence-electron chi connectivity index (χ1n) is 4.57. The van der Waals surface area contributed by atoms with Crippen molar-refractivity contribution in [2.24, 2.45) is 0 Å². The number of aliphatic carboxylic acids is 1. The zero-order chi connectivity index (χ0) is 12.0. The minimum Gasteiger partial charge on any atom is -0.480 e. The Bertz CT molecular complexity index is 366. The highest BCUT2D eigenvalue weighted by molar-refractivity contribution is 5.93. The Morgan fingerprint density at radius 3 is 2.81 bits per heavy atom. The number of carbonyl (C=O) groups excluding carboxylic acids is 1. The fourth-order valence-electron chi connectivity index (χ4n) is 1.02. The lowest BCUT2D eigenvalue weighted by atomic mass is 10.4. The Kier molecular flexibility index (Phi) is 4.41. The highest BCUT2D eigenvalue weighted by atomic mass is 16.5. The summed E-state index contributed by atoms with van der Waals surface area (Å²) in [6.45, 7) is -0.746. The standard InChI is InChI=1S/C10H12N2O4/c1-12(8-3-2-4-11-5-8)9(13)6-16-7-10(14)15/h2-5H,6-7H2,1H3,(H,14,15). The molecule has 0 radical (unpaired) electrons. The quantitative estimate of drug-likeness (QED) is 0.769. The van der Waals surface area contributed by atoms with Crippen LogP contribution < -0.4 is 4.90 Å². The summed E-state index contributed by atoms with van der Waals surface area (Å²) < 4.78 is 4.69. The van der Waals surface area contributed by atoms with E-state index in [1.54, 1.807) is 25.4 Å². The zero-order valence-electron chi connectivity index (χ0n) is 8.79.